The molecule has 1 saturated heterocycles. The Bertz CT molecular complexity index is 656. The van der Waals surface area contributed by atoms with Gasteiger partial charge in [-0.15, -0.1) is 0 Å². The van der Waals surface area contributed by atoms with Gasteiger partial charge < -0.3 is 19.9 Å². The molecule has 1 aromatic carbocycles. The first-order valence-corrected chi connectivity index (χ1v) is 7.93. The normalized spacial score (nSPS) is 14.3. The highest BCUT2D eigenvalue weighted by Gasteiger charge is 2.12. The zero-order valence-electron chi connectivity index (χ0n) is 13.7. The van der Waals surface area contributed by atoms with Gasteiger partial charge in [0.05, 0.1) is 19.8 Å². The largest absolute Gasteiger partial charge is 0.378 e. The van der Waals surface area contributed by atoms with E-state index in [1.54, 1.807) is 30.4 Å². The molecule has 1 fully saturated rings. The lowest BCUT2D eigenvalue weighted by Crippen LogP contribution is -2.36. The van der Waals surface area contributed by atoms with Gasteiger partial charge in [-0.1, -0.05) is 0 Å². The van der Waals surface area contributed by atoms with Crippen molar-refractivity contribution in [2.45, 2.75) is 0 Å². The van der Waals surface area contributed by atoms with Gasteiger partial charge in [-0.3, -0.25) is 4.79 Å². The number of nitrogens with zero attached hydrogens (tertiary/aromatic N) is 4. The van der Waals surface area contributed by atoms with Crippen LogP contribution >= 0.6 is 0 Å². The Hall–Kier alpha value is -2.67. The van der Waals surface area contributed by atoms with Crippen molar-refractivity contribution in [2.24, 2.45) is 0 Å². The van der Waals surface area contributed by atoms with Crippen LogP contribution in [0.3, 0.4) is 0 Å². The molecule has 3 rings (SSSR count). The van der Waals surface area contributed by atoms with Crippen LogP contribution in [0.4, 0.5) is 17.3 Å². The average Bonchev–Trinajstić information content (AvgIpc) is 2.64. The Morgan fingerprint density at radius 2 is 1.88 bits per heavy atom. The SMILES string of the molecule is CN(CC(=O)Nc1ccc(N2CCOCC2)cc1)c1ncccn1. The summed E-state index contributed by atoms with van der Waals surface area (Å²) in [5, 5.41) is 2.89. The van der Waals surface area contributed by atoms with Crippen LogP contribution < -0.4 is 15.1 Å². The van der Waals surface area contributed by atoms with Crippen LogP contribution in [0, 0.1) is 0 Å². The predicted molar refractivity (Wildman–Crippen MR) is 93.4 cm³/mol. The van der Waals surface area contributed by atoms with Gasteiger partial charge in [0.1, 0.15) is 0 Å². The molecule has 0 aliphatic carbocycles. The molecule has 0 bridgehead atoms. The van der Waals surface area contributed by atoms with Crippen molar-refractivity contribution in [3.8, 4) is 0 Å². The van der Waals surface area contributed by atoms with Crippen molar-refractivity contribution < 1.29 is 9.53 Å². The number of likely N-dealkylation sites (N-methyl/N-ethyl adjacent to an activating group) is 1. The van der Waals surface area contributed by atoms with Gasteiger partial charge >= 0.3 is 0 Å². The molecule has 7 nitrogen and oxygen atoms in total. The zero-order valence-corrected chi connectivity index (χ0v) is 13.7. The first-order chi connectivity index (χ1) is 11.7. The summed E-state index contributed by atoms with van der Waals surface area (Å²) in [5.41, 5.74) is 1.92. The second-order valence-corrected chi connectivity index (χ2v) is 5.60. The molecule has 0 spiro atoms. The third kappa shape index (κ3) is 4.20. The molecule has 126 valence electrons. The highest BCUT2D eigenvalue weighted by molar-refractivity contribution is 5.93. The summed E-state index contributed by atoms with van der Waals surface area (Å²) in [6.45, 7) is 3.50. The number of benzene rings is 1. The Balaban J connectivity index is 1.54. The van der Waals surface area contributed by atoms with Crippen LogP contribution in [0.15, 0.2) is 42.7 Å². The molecule has 0 unspecified atom stereocenters. The van der Waals surface area contributed by atoms with E-state index in [1.165, 1.54) is 0 Å². The number of carbonyl (C=O) groups excluding carboxylic acids is 1. The number of carbonyl (C=O) groups is 1. The molecule has 24 heavy (non-hydrogen) atoms. The standard InChI is InChI=1S/C17H21N5O2/c1-21(17-18-7-2-8-19-17)13-16(23)20-14-3-5-15(6-4-14)22-9-11-24-12-10-22/h2-8H,9-13H2,1H3,(H,20,23). The van der Waals surface area contributed by atoms with Crippen LogP contribution in [0.25, 0.3) is 0 Å². The van der Waals surface area contributed by atoms with Crippen LogP contribution in [0.1, 0.15) is 0 Å². The smallest absolute Gasteiger partial charge is 0.243 e. The molecule has 1 amide bonds. The van der Waals surface area contributed by atoms with Gasteiger partial charge in [0.15, 0.2) is 0 Å². The van der Waals surface area contributed by atoms with Crippen molar-refractivity contribution in [1.29, 1.82) is 0 Å². The second-order valence-electron chi connectivity index (χ2n) is 5.60. The van der Waals surface area contributed by atoms with E-state index in [1.807, 2.05) is 24.3 Å². The van der Waals surface area contributed by atoms with E-state index in [-0.39, 0.29) is 12.5 Å². The summed E-state index contributed by atoms with van der Waals surface area (Å²) in [5.74, 6) is 0.416. The number of hydrogen-bond donors (Lipinski definition) is 1. The number of aromatic nitrogens is 2. The molecule has 0 saturated carbocycles. The summed E-state index contributed by atoms with van der Waals surface area (Å²) < 4.78 is 5.36. The van der Waals surface area contributed by atoms with Crippen molar-refractivity contribution in [3.05, 3.63) is 42.7 Å². The molecule has 0 atom stereocenters. The van der Waals surface area contributed by atoms with Crippen LogP contribution in [0.5, 0.6) is 0 Å². The van der Waals surface area contributed by atoms with E-state index in [9.17, 15) is 4.79 Å². The fourth-order valence-corrected chi connectivity index (χ4v) is 2.55. The monoisotopic (exact) mass is 327 g/mol. The molecule has 7 heteroatoms. The lowest BCUT2D eigenvalue weighted by Gasteiger charge is -2.28. The Kier molecular flexibility index (Phi) is 5.22. The fourth-order valence-electron chi connectivity index (χ4n) is 2.55. The van der Waals surface area contributed by atoms with Crippen LogP contribution in [0.2, 0.25) is 0 Å². The Labute approximate surface area is 141 Å². The Morgan fingerprint density at radius 3 is 2.54 bits per heavy atom. The fraction of sp³-hybridized carbons (Fsp3) is 0.353. The van der Waals surface area contributed by atoms with Crippen LogP contribution in [-0.4, -0.2) is 55.8 Å². The highest BCUT2D eigenvalue weighted by atomic mass is 16.5. The van der Waals surface area contributed by atoms with Gasteiger partial charge in [-0.2, -0.15) is 0 Å². The third-order valence-electron chi connectivity index (χ3n) is 3.80. The number of rotatable bonds is 5. The number of morpholine rings is 1. The van der Waals surface area contributed by atoms with E-state index in [2.05, 4.69) is 20.2 Å². The van der Waals surface area contributed by atoms with Gasteiger partial charge in [0.25, 0.3) is 0 Å². The molecule has 2 aromatic rings. The predicted octanol–water partition coefficient (Wildman–Crippen LogP) is 1.39. The average molecular weight is 327 g/mol. The van der Waals surface area contributed by atoms with Crippen molar-refractivity contribution in [3.63, 3.8) is 0 Å². The molecule has 1 N–H and O–H groups in total. The van der Waals surface area contributed by atoms with Crippen molar-refractivity contribution in [2.75, 3.05) is 55.0 Å². The maximum atomic E-state index is 12.1. The molecule has 1 aliphatic heterocycles. The van der Waals surface area contributed by atoms with Crippen LogP contribution in [-0.2, 0) is 9.53 Å². The van der Waals surface area contributed by atoms with E-state index < -0.39 is 0 Å². The minimum atomic E-state index is -0.107. The summed E-state index contributed by atoms with van der Waals surface area (Å²) in [6, 6.07) is 9.62. The topological polar surface area (TPSA) is 70.6 Å². The van der Waals surface area contributed by atoms with Gasteiger partial charge in [0, 0.05) is 43.9 Å². The van der Waals surface area contributed by atoms with E-state index in [4.69, 9.17) is 4.74 Å². The zero-order chi connectivity index (χ0) is 16.8. The van der Waals surface area contributed by atoms with Gasteiger partial charge in [0.2, 0.25) is 11.9 Å². The molecule has 1 aliphatic rings. The molecular weight excluding hydrogens is 306 g/mol. The molecule has 1 aromatic heterocycles. The molecule has 0 radical (unpaired) electrons. The second kappa shape index (κ2) is 7.74. The maximum Gasteiger partial charge on any atom is 0.243 e. The summed E-state index contributed by atoms with van der Waals surface area (Å²) in [4.78, 5) is 24.4. The Morgan fingerprint density at radius 1 is 1.21 bits per heavy atom. The minimum absolute atomic E-state index is 0.107. The van der Waals surface area contributed by atoms with Gasteiger partial charge in [-0.05, 0) is 30.3 Å². The van der Waals surface area contributed by atoms with Crippen molar-refractivity contribution >= 4 is 23.2 Å². The van der Waals surface area contributed by atoms with E-state index in [0.29, 0.717) is 5.95 Å². The lowest BCUT2D eigenvalue weighted by molar-refractivity contribution is -0.114. The highest BCUT2D eigenvalue weighted by Crippen LogP contribution is 2.19. The van der Waals surface area contributed by atoms with Gasteiger partial charge in [-0.25, -0.2) is 9.97 Å². The number of amides is 1. The molecular formula is C17H21N5O2. The maximum absolute atomic E-state index is 12.1. The third-order valence-corrected chi connectivity index (χ3v) is 3.80. The lowest BCUT2D eigenvalue weighted by atomic mass is 10.2. The first kappa shape index (κ1) is 16.2. The number of nitrogens with one attached hydrogen (secondary N) is 1. The quantitative estimate of drug-likeness (QED) is 0.895. The number of ether oxygens (including phenoxy) is 1. The summed E-state index contributed by atoms with van der Waals surface area (Å²) in [7, 11) is 1.79. The first-order valence-electron chi connectivity index (χ1n) is 7.93. The number of hydrogen-bond acceptors (Lipinski definition) is 6. The minimum Gasteiger partial charge on any atom is -0.378 e. The molecule has 2 heterocycles. The van der Waals surface area contributed by atoms with E-state index >= 15 is 0 Å². The number of anilines is 3. The van der Waals surface area contributed by atoms with Crippen molar-refractivity contribution in [1.82, 2.24) is 9.97 Å². The summed E-state index contributed by atoms with van der Waals surface area (Å²) in [6.07, 6.45) is 3.31. The summed E-state index contributed by atoms with van der Waals surface area (Å²) >= 11 is 0. The van der Waals surface area contributed by atoms with E-state index in [0.717, 1.165) is 37.7 Å².